The van der Waals surface area contributed by atoms with Crippen molar-refractivity contribution in [3.05, 3.63) is 59.2 Å². The fraction of sp³-hybridized carbons (Fsp3) is 0.559. The molecule has 1 aliphatic carbocycles. The van der Waals surface area contributed by atoms with E-state index in [-0.39, 0.29) is 11.5 Å². The number of hydrogen-bond acceptors (Lipinski definition) is 11. The fourth-order valence-electron chi connectivity index (χ4n) is 6.88. The molecule has 7 rings (SSSR count). The van der Waals surface area contributed by atoms with Crippen LogP contribution in [0.5, 0.6) is 17.4 Å². The number of nitrogens with zero attached hydrogens (tertiary/aromatic N) is 8. The van der Waals surface area contributed by atoms with E-state index in [1.54, 1.807) is 12.1 Å². The van der Waals surface area contributed by atoms with E-state index in [1.807, 2.05) is 25.3 Å². The molecule has 0 bridgehead atoms. The molecule has 45 heavy (non-hydrogen) atoms. The predicted molar refractivity (Wildman–Crippen MR) is 173 cm³/mol. The van der Waals surface area contributed by atoms with Gasteiger partial charge >= 0.3 is 0 Å². The summed E-state index contributed by atoms with van der Waals surface area (Å²) in [6.07, 6.45) is 7.37. The summed E-state index contributed by atoms with van der Waals surface area (Å²) in [5, 5.41) is 8.11. The van der Waals surface area contributed by atoms with Crippen molar-refractivity contribution in [3.8, 4) is 17.4 Å². The highest BCUT2D eigenvalue weighted by Gasteiger charge is 2.54. The number of fused-ring (bicyclic) bond motifs is 1. The number of carbonyl (C=O) groups is 1. The van der Waals surface area contributed by atoms with Crippen LogP contribution in [0.15, 0.2) is 36.8 Å². The molecule has 1 saturated carbocycles. The van der Waals surface area contributed by atoms with Crippen molar-refractivity contribution < 1.29 is 14.3 Å². The van der Waals surface area contributed by atoms with Crippen LogP contribution in [0.4, 0.5) is 5.82 Å². The Hall–Kier alpha value is -3.67. The SMILES string of the molecule is CCN(C)C.Cc1ccc(Oc2nncnc2N2CC3(CC(Oc4ccnc5c4CN(CC4CN(C)C4)CC5)C3)C2)c(C=O)c1. The molecular weight excluding hydrogens is 568 g/mol. The normalized spacial score (nSPS) is 19.6. The van der Waals surface area contributed by atoms with Gasteiger partial charge in [-0.25, -0.2) is 4.98 Å². The number of carbonyl (C=O) groups excluding carboxylic acids is 1. The van der Waals surface area contributed by atoms with E-state index in [4.69, 9.17) is 9.47 Å². The van der Waals surface area contributed by atoms with E-state index in [0.29, 0.717) is 23.0 Å². The van der Waals surface area contributed by atoms with E-state index < -0.39 is 0 Å². The minimum Gasteiger partial charge on any atom is -0.490 e. The van der Waals surface area contributed by atoms with Gasteiger partial charge in [-0.1, -0.05) is 18.6 Å². The highest BCUT2D eigenvalue weighted by Crippen LogP contribution is 2.52. The van der Waals surface area contributed by atoms with Crippen LogP contribution in [0.25, 0.3) is 0 Å². The number of anilines is 1. The molecule has 0 radical (unpaired) electrons. The summed E-state index contributed by atoms with van der Waals surface area (Å²) in [6.45, 7) is 12.5. The molecule has 240 valence electrons. The van der Waals surface area contributed by atoms with Crippen molar-refractivity contribution in [1.29, 1.82) is 0 Å². The van der Waals surface area contributed by atoms with Gasteiger partial charge in [0.05, 0.1) is 5.56 Å². The van der Waals surface area contributed by atoms with Crippen LogP contribution in [0.1, 0.15) is 46.9 Å². The van der Waals surface area contributed by atoms with Crippen LogP contribution in [-0.4, -0.2) is 114 Å². The summed E-state index contributed by atoms with van der Waals surface area (Å²) in [4.78, 5) is 30.0. The quantitative estimate of drug-likeness (QED) is 0.330. The largest absolute Gasteiger partial charge is 0.490 e. The number of rotatable bonds is 9. The fourth-order valence-corrected chi connectivity index (χ4v) is 6.88. The summed E-state index contributed by atoms with van der Waals surface area (Å²) in [5.74, 6) is 3.22. The van der Waals surface area contributed by atoms with Gasteiger partial charge < -0.3 is 24.2 Å². The number of pyridine rings is 1. The van der Waals surface area contributed by atoms with Gasteiger partial charge in [-0.05, 0) is 71.6 Å². The van der Waals surface area contributed by atoms with E-state index >= 15 is 0 Å². The Morgan fingerprint density at radius 1 is 1.11 bits per heavy atom. The standard InChI is InChI=1S/C30H35N7O3.C4H11N/c1-20-3-4-26(22(9-20)16-38)40-29-28(32-19-33-34-29)37-17-30(18-37)10-23(11-30)39-27-5-7-31-25-6-8-36(15-24(25)27)14-21-12-35(2)13-21;1-4-5(2)3/h3-5,7,9,16,19,21,23H,6,8,10-15,17-18H2,1-2H3;4H2,1-3H3. The van der Waals surface area contributed by atoms with Crippen LogP contribution >= 0.6 is 0 Å². The van der Waals surface area contributed by atoms with Crippen LogP contribution < -0.4 is 14.4 Å². The third-order valence-electron chi connectivity index (χ3n) is 9.47. The van der Waals surface area contributed by atoms with Gasteiger partial charge in [-0.15, -0.1) is 10.2 Å². The molecule has 5 heterocycles. The number of aldehydes is 1. The van der Waals surface area contributed by atoms with Crippen molar-refractivity contribution in [2.24, 2.45) is 11.3 Å². The number of hydrogen-bond donors (Lipinski definition) is 0. The van der Waals surface area contributed by atoms with Gasteiger partial charge in [0, 0.05) is 75.1 Å². The second-order valence-corrected chi connectivity index (χ2v) is 13.6. The lowest BCUT2D eigenvalue weighted by Crippen LogP contribution is -2.65. The first-order valence-corrected chi connectivity index (χ1v) is 16.1. The van der Waals surface area contributed by atoms with E-state index in [9.17, 15) is 4.79 Å². The van der Waals surface area contributed by atoms with Gasteiger partial charge in [-0.2, -0.15) is 0 Å². The molecule has 3 aliphatic heterocycles. The van der Waals surface area contributed by atoms with Crippen molar-refractivity contribution >= 4 is 12.1 Å². The van der Waals surface area contributed by atoms with E-state index in [2.05, 4.69) is 67.8 Å². The molecule has 2 saturated heterocycles. The molecule has 1 aromatic carbocycles. The summed E-state index contributed by atoms with van der Waals surface area (Å²) in [6, 6.07) is 7.53. The molecule has 11 nitrogen and oxygen atoms in total. The molecule has 0 unspecified atom stereocenters. The highest BCUT2D eigenvalue weighted by molar-refractivity contribution is 5.80. The maximum atomic E-state index is 11.6. The average Bonchev–Trinajstić information content (AvgIpc) is 2.98. The second-order valence-electron chi connectivity index (χ2n) is 13.6. The van der Waals surface area contributed by atoms with Gasteiger partial charge in [0.2, 0.25) is 0 Å². The molecule has 0 atom stereocenters. The Morgan fingerprint density at radius 2 is 1.89 bits per heavy atom. The Bertz CT molecular complexity index is 1480. The lowest BCUT2D eigenvalue weighted by molar-refractivity contribution is -0.0354. The van der Waals surface area contributed by atoms with Crippen LogP contribution in [0, 0.1) is 18.3 Å². The molecule has 3 aromatic rings. The zero-order valence-electron chi connectivity index (χ0n) is 27.3. The smallest absolute Gasteiger partial charge is 0.282 e. The highest BCUT2D eigenvalue weighted by atomic mass is 16.5. The maximum Gasteiger partial charge on any atom is 0.282 e. The first-order chi connectivity index (χ1) is 21.7. The lowest BCUT2D eigenvalue weighted by atomic mass is 9.61. The number of benzene rings is 1. The Balaban J connectivity index is 0.000000664. The number of ether oxygens (including phenoxy) is 2. The minimum absolute atomic E-state index is 0.214. The number of likely N-dealkylation sites (tertiary alicyclic amines) is 1. The minimum atomic E-state index is 0.214. The number of aryl methyl sites for hydroxylation is 1. The average molecular weight is 615 g/mol. The Morgan fingerprint density at radius 3 is 2.60 bits per heavy atom. The molecule has 0 N–H and O–H groups in total. The van der Waals surface area contributed by atoms with Gasteiger partial charge in [0.25, 0.3) is 5.88 Å². The molecular formula is C34H46N8O3. The van der Waals surface area contributed by atoms with Crippen LogP contribution in [0.2, 0.25) is 0 Å². The summed E-state index contributed by atoms with van der Waals surface area (Å²) in [7, 11) is 6.30. The molecule has 2 aromatic heterocycles. The monoisotopic (exact) mass is 614 g/mol. The van der Waals surface area contributed by atoms with E-state index in [1.165, 1.54) is 30.7 Å². The zero-order valence-corrected chi connectivity index (χ0v) is 27.3. The lowest BCUT2D eigenvalue weighted by Gasteiger charge is -2.58. The molecule has 1 spiro atoms. The van der Waals surface area contributed by atoms with Gasteiger partial charge in [0.15, 0.2) is 12.1 Å². The summed E-state index contributed by atoms with van der Waals surface area (Å²) >= 11 is 0. The Kier molecular flexibility index (Phi) is 9.30. The first-order valence-electron chi connectivity index (χ1n) is 16.1. The van der Waals surface area contributed by atoms with Crippen molar-refractivity contribution in [1.82, 2.24) is 34.9 Å². The van der Waals surface area contributed by atoms with Crippen LogP contribution in [0.3, 0.4) is 0 Å². The molecule has 0 amide bonds. The summed E-state index contributed by atoms with van der Waals surface area (Å²) in [5.41, 5.74) is 4.16. The topological polar surface area (TPSA) is 100 Å². The third-order valence-corrected chi connectivity index (χ3v) is 9.47. The molecule has 3 fully saturated rings. The molecule has 11 heteroatoms. The zero-order chi connectivity index (χ0) is 31.6. The summed E-state index contributed by atoms with van der Waals surface area (Å²) < 4.78 is 12.6. The molecule has 4 aliphatic rings. The van der Waals surface area contributed by atoms with Crippen LogP contribution in [-0.2, 0) is 13.0 Å². The van der Waals surface area contributed by atoms with Crippen molar-refractivity contribution in [2.75, 3.05) is 71.9 Å². The first kappa shape index (κ1) is 31.3. The predicted octanol–water partition coefficient (Wildman–Crippen LogP) is 3.72. The van der Waals surface area contributed by atoms with Gasteiger partial charge in [0.1, 0.15) is 23.9 Å². The second kappa shape index (κ2) is 13.4. The number of aromatic nitrogens is 4. The van der Waals surface area contributed by atoms with Crippen molar-refractivity contribution in [3.63, 3.8) is 0 Å². The maximum absolute atomic E-state index is 11.6. The van der Waals surface area contributed by atoms with Crippen molar-refractivity contribution in [2.45, 2.75) is 45.8 Å². The third kappa shape index (κ3) is 7.10. The Labute approximate surface area is 266 Å². The van der Waals surface area contributed by atoms with E-state index in [0.717, 1.165) is 82.0 Å². The van der Waals surface area contributed by atoms with Gasteiger partial charge in [-0.3, -0.25) is 14.7 Å².